The monoisotopic (exact) mass is 313 g/mol. The van der Waals surface area contributed by atoms with E-state index in [-0.39, 0.29) is 0 Å². The molecule has 4 rings (SSSR count). The maximum Gasteiger partial charge on any atom is 0.311 e. The van der Waals surface area contributed by atoms with Gasteiger partial charge < -0.3 is 14.5 Å². The van der Waals surface area contributed by atoms with Gasteiger partial charge in [0.15, 0.2) is 5.82 Å². The molecule has 1 N–H and O–H groups in total. The van der Waals surface area contributed by atoms with Gasteiger partial charge >= 0.3 is 5.97 Å². The van der Waals surface area contributed by atoms with Crippen LogP contribution < -0.4 is 4.90 Å². The number of anilines is 1. The lowest BCUT2D eigenvalue weighted by atomic mass is 9.85. The highest BCUT2D eigenvalue weighted by Crippen LogP contribution is 2.37. The zero-order valence-electron chi connectivity index (χ0n) is 12.8. The number of aliphatic carboxylic acids is 1. The number of fused-ring (bicyclic) bond motifs is 1. The van der Waals surface area contributed by atoms with Crippen LogP contribution in [-0.2, 0) is 11.3 Å². The second-order valence-corrected chi connectivity index (χ2v) is 6.33. The number of carbonyl (C=O) groups is 1. The van der Waals surface area contributed by atoms with Gasteiger partial charge in [-0.05, 0) is 30.9 Å². The molecule has 2 aliphatic rings. The Balaban J connectivity index is 1.56. The fraction of sp³-hybridized carbons (Fsp3) is 0.471. The molecule has 6 heteroatoms. The van der Waals surface area contributed by atoms with Crippen molar-refractivity contribution in [1.82, 2.24) is 10.1 Å². The van der Waals surface area contributed by atoms with Crippen LogP contribution in [0, 0.1) is 0 Å². The molecule has 1 atom stereocenters. The van der Waals surface area contributed by atoms with Crippen molar-refractivity contribution >= 4 is 11.7 Å². The lowest BCUT2D eigenvalue weighted by molar-refractivity contribution is -0.139. The van der Waals surface area contributed by atoms with E-state index in [9.17, 15) is 9.90 Å². The molecule has 0 radical (unpaired) electrons. The maximum absolute atomic E-state index is 11.4. The van der Waals surface area contributed by atoms with Crippen LogP contribution in [-0.4, -0.2) is 27.8 Å². The molecule has 1 aromatic carbocycles. The van der Waals surface area contributed by atoms with Gasteiger partial charge in [0.25, 0.3) is 0 Å². The summed E-state index contributed by atoms with van der Waals surface area (Å²) in [4.78, 5) is 18.1. The lowest BCUT2D eigenvalue weighted by Crippen LogP contribution is -2.33. The summed E-state index contributed by atoms with van der Waals surface area (Å²) >= 11 is 0. The van der Waals surface area contributed by atoms with Gasteiger partial charge in [0.1, 0.15) is 0 Å². The molecule has 1 aromatic heterocycles. The molecule has 6 nitrogen and oxygen atoms in total. The molecule has 120 valence electrons. The largest absolute Gasteiger partial charge is 0.481 e. The topological polar surface area (TPSA) is 79.5 Å². The number of nitrogens with zero attached hydrogens (tertiary/aromatic N) is 3. The summed E-state index contributed by atoms with van der Waals surface area (Å²) in [6.45, 7) is 1.21. The highest BCUT2D eigenvalue weighted by Gasteiger charge is 2.31. The Kier molecular flexibility index (Phi) is 3.52. The number of carboxylic acid groups (broad SMARTS) is 1. The number of hydrogen-bond acceptors (Lipinski definition) is 5. The van der Waals surface area contributed by atoms with E-state index in [4.69, 9.17) is 4.52 Å². The summed E-state index contributed by atoms with van der Waals surface area (Å²) in [7, 11) is 0. The first-order valence-electron chi connectivity index (χ1n) is 8.11. The van der Waals surface area contributed by atoms with Gasteiger partial charge in [-0.1, -0.05) is 29.8 Å². The summed E-state index contributed by atoms with van der Waals surface area (Å²) in [6, 6.07) is 7.69. The van der Waals surface area contributed by atoms with E-state index >= 15 is 0 Å². The van der Waals surface area contributed by atoms with Crippen LogP contribution in [0.3, 0.4) is 0 Å². The number of hydrogen-bond donors (Lipinski definition) is 1. The Bertz CT molecular complexity index is 723. The predicted octanol–water partition coefficient (Wildman–Crippen LogP) is 2.92. The molecule has 0 amide bonds. The number of aromatic nitrogens is 2. The van der Waals surface area contributed by atoms with Gasteiger partial charge in [0, 0.05) is 18.2 Å². The van der Waals surface area contributed by atoms with Crippen molar-refractivity contribution in [1.29, 1.82) is 0 Å². The lowest BCUT2D eigenvalue weighted by Gasteiger charge is -2.33. The maximum atomic E-state index is 11.4. The van der Waals surface area contributed by atoms with Crippen molar-refractivity contribution in [3.05, 3.63) is 41.5 Å². The third-order valence-electron chi connectivity index (χ3n) is 4.92. The van der Waals surface area contributed by atoms with Crippen molar-refractivity contribution in [3.8, 4) is 0 Å². The van der Waals surface area contributed by atoms with Gasteiger partial charge in [-0.25, -0.2) is 0 Å². The van der Waals surface area contributed by atoms with Crippen LogP contribution >= 0.6 is 0 Å². The predicted molar refractivity (Wildman–Crippen MR) is 83.4 cm³/mol. The molecule has 23 heavy (non-hydrogen) atoms. The highest BCUT2D eigenvalue weighted by molar-refractivity contribution is 5.80. The molecular weight excluding hydrogens is 294 g/mol. The Morgan fingerprint density at radius 3 is 2.87 bits per heavy atom. The average Bonchev–Trinajstić information content (AvgIpc) is 2.93. The van der Waals surface area contributed by atoms with Gasteiger partial charge in [-0.2, -0.15) is 4.98 Å². The molecular formula is C17H19N3O3. The third-order valence-corrected chi connectivity index (χ3v) is 4.92. The first-order chi connectivity index (χ1) is 11.2. The normalized spacial score (nSPS) is 20.9. The van der Waals surface area contributed by atoms with E-state index in [2.05, 4.69) is 15.0 Å². The van der Waals surface area contributed by atoms with Crippen molar-refractivity contribution in [2.45, 2.75) is 44.1 Å². The fourth-order valence-corrected chi connectivity index (χ4v) is 3.38. The standard InChI is InChI=1S/C17H19N3O3/c21-17(22)13-8-9-20(14-7-2-1-6-12(13)14)10-15-18-16(19-23-15)11-4-3-5-11/h1-2,6-7,11,13H,3-5,8-10H2,(H,21,22). The van der Waals surface area contributed by atoms with E-state index in [0.29, 0.717) is 31.3 Å². The van der Waals surface area contributed by atoms with Crippen molar-refractivity contribution in [3.63, 3.8) is 0 Å². The Hall–Kier alpha value is -2.37. The minimum Gasteiger partial charge on any atom is -0.481 e. The second-order valence-electron chi connectivity index (χ2n) is 6.33. The van der Waals surface area contributed by atoms with Crippen molar-refractivity contribution in [2.24, 2.45) is 0 Å². The van der Waals surface area contributed by atoms with E-state index in [1.54, 1.807) is 0 Å². The highest BCUT2D eigenvalue weighted by atomic mass is 16.5. The summed E-state index contributed by atoms with van der Waals surface area (Å²) in [5.41, 5.74) is 1.82. The fourth-order valence-electron chi connectivity index (χ4n) is 3.38. The minimum atomic E-state index is -0.762. The van der Waals surface area contributed by atoms with Crippen LogP contribution in [0.2, 0.25) is 0 Å². The summed E-state index contributed by atoms with van der Waals surface area (Å²) in [6.07, 6.45) is 4.12. The average molecular weight is 313 g/mol. The van der Waals surface area contributed by atoms with Crippen molar-refractivity contribution < 1.29 is 14.4 Å². The summed E-state index contributed by atoms with van der Waals surface area (Å²) in [5, 5.41) is 13.5. The number of para-hydroxylation sites is 1. The van der Waals surface area contributed by atoms with Crippen LogP contribution in [0.25, 0.3) is 0 Å². The van der Waals surface area contributed by atoms with E-state index in [0.717, 1.165) is 29.9 Å². The van der Waals surface area contributed by atoms with Crippen LogP contribution in [0.1, 0.15) is 54.8 Å². The molecule has 0 spiro atoms. The molecule has 0 saturated heterocycles. The Morgan fingerprint density at radius 1 is 1.30 bits per heavy atom. The number of benzene rings is 1. The van der Waals surface area contributed by atoms with Crippen LogP contribution in [0.15, 0.2) is 28.8 Å². The SMILES string of the molecule is O=C(O)C1CCN(Cc2nc(C3CCC3)no2)c2ccccc21. The van der Waals surface area contributed by atoms with Crippen LogP contribution in [0.4, 0.5) is 5.69 Å². The summed E-state index contributed by atoms with van der Waals surface area (Å²) < 4.78 is 5.39. The van der Waals surface area contributed by atoms with E-state index < -0.39 is 11.9 Å². The van der Waals surface area contributed by atoms with Gasteiger partial charge in [0.2, 0.25) is 5.89 Å². The van der Waals surface area contributed by atoms with Crippen LogP contribution in [0.5, 0.6) is 0 Å². The molecule has 1 saturated carbocycles. The van der Waals surface area contributed by atoms with Gasteiger partial charge in [-0.15, -0.1) is 0 Å². The Labute approximate surface area is 134 Å². The number of rotatable bonds is 4. The Morgan fingerprint density at radius 2 is 2.13 bits per heavy atom. The first kappa shape index (κ1) is 14.2. The van der Waals surface area contributed by atoms with E-state index in [1.807, 2.05) is 24.3 Å². The number of carboxylic acids is 1. The smallest absolute Gasteiger partial charge is 0.311 e. The second kappa shape index (κ2) is 5.68. The van der Waals surface area contributed by atoms with Gasteiger partial charge in [0.05, 0.1) is 12.5 Å². The molecule has 2 aromatic rings. The minimum absolute atomic E-state index is 0.435. The zero-order valence-corrected chi connectivity index (χ0v) is 12.8. The molecule has 0 bridgehead atoms. The quantitative estimate of drug-likeness (QED) is 0.935. The molecule has 1 aliphatic carbocycles. The first-order valence-corrected chi connectivity index (χ1v) is 8.11. The molecule has 1 unspecified atom stereocenters. The third kappa shape index (κ3) is 2.58. The van der Waals surface area contributed by atoms with Crippen molar-refractivity contribution in [2.75, 3.05) is 11.4 Å². The molecule has 1 aliphatic heterocycles. The summed E-state index contributed by atoms with van der Waals surface area (Å²) in [5.74, 6) is 0.686. The molecule has 2 heterocycles. The van der Waals surface area contributed by atoms with Gasteiger partial charge in [-0.3, -0.25) is 4.79 Å². The van der Waals surface area contributed by atoms with E-state index in [1.165, 1.54) is 6.42 Å². The zero-order chi connectivity index (χ0) is 15.8. The molecule has 1 fully saturated rings.